The van der Waals surface area contributed by atoms with Crippen LogP contribution in [0.5, 0.6) is 0 Å². The van der Waals surface area contributed by atoms with Gasteiger partial charge in [0, 0.05) is 31.2 Å². The highest BCUT2D eigenvalue weighted by atomic mass is 19.1. The second kappa shape index (κ2) is 8.95. The number of rotatable bonds is 3. The molecule has 3 aliphatic heterocycles. The average molecular weight is 475 g/mol. The molecule has 6 rings (SSSR count). The number of hydrogen-bond donors (Lipinski definition) is 1. The van der Waals surface area contributed by atoms with Gasteiger partial charge in [-0.1, -0.05) is 31.0 Å². The van der Waals surface area contributed by atoms with Crippen LogP contribution in [0.3, 0.4) is 0 Å². The normalized spacial score (nSPS) is 36.0. The second-order valence-electron chi connectivity index (χ2n) is 9.99. The lowest BCUT2D eigenvalue weighted by atomic mass is 9.94. The third kappa shape index (κ3) is 4.07. The first-order valence-electron chi connectivity index (χ1n) is 12.5. The molecule has 3 saturated heterocycles. The zero-order valence-electron chi connectivity index (χ0n) is 19.1. The standard InChI is InChI=1S/C25H31FN2O6/c26-17-10-4-3-9-16(17)15-27-28-22(29)20-18-19(32-24(31-18)11-5-1-6-12-24)21-23(30-20)34-25(33-21)13-7-2-8-14-25/h3-4,9-10,15,18-21,23H,1-2,5-8,11-14H2,(H,28,29)/b27-15-/t18-,19-,20-,21+,23-/m0/s1. The minimum absolute atomic E-state index is 0.277. The van der Waals surface area contributed by atoms with E-state index in [4.69, 9.17) is 23.7 Å². The molecule has 9 heteroatoms. The van der Waals surface area contributed by atoms with E-state index in [2.05, 4.69) is 10.5 Å². The highest BCUT2D eigenvalue weighted by Crippen LogP contribution is 2.50. The van der Waals surface area contributed by atoms with E-state index in [1.807, 2.05) is 0 Å². The quantitative estimate of drug-likeness (QED) is 0.533. The predicted molar refractivity (Wildman–Crippen MR) is 118 cm³/mol. The van der Waals surface area contributed by atoms with Gasteiger partial charge in [0.25, 0.3) is 5.91 Å². The summed E-state index contributed by atoms with van der Waals surface area (Å²) in [5.74, 6) is -2.30. The number of fused-ring (bicyclic) bond motifs is 3. The van der Waals surface area contributed by atoms with Crippen molar-refractivity contribution >= 4 is 12.1 Å². The Hall–Kier alpha value is -1.91. The van der Waals surface area contributed by atoms with E-state index in [0.29, 0.717) is 0 Å². The van der Waals surface area contributed by atoms with Gasteiger partial charge in [-0.2, -0.15) is 5.10 Å². The van der Waals surface area contributed by atoms with Crippen molar-refractivity contribution in [2.45, 2.75) is 106 Å². The molecule has 5 fully saturated rings. The minimum atomic E-state index is -0.979. The maximum absolute atomic E-state index is 13.9. The Morgan fingerprint density at radius 3 is 2.21 bits per heavy atom. The molecule has 0 aromatic heterocycles. The number of amides is 1. The molecule has 0 radical (unpaired) electrons. The third-order valence-electron chi connectivity index (χ3n) is 7.65. The van der Waals surface area contributed by atoms with Gasteiger partial charge >= 0.3 is 0 Å². The molecule has 184 valence electrons. The maximum atomic E-state index is 13.9. The summed E-state index contributed by atoms with van der Waals surface area (Å²) in [5.41, 5.74) is 2.77. The van der Waals surface area contributed by atoms with Crippen LogP contribution in [-0.4, -0.2) is 54.4 Å². The minimum Gasteiger partial charge on any atom is -0.341 e. The van der Waals surface area contributed by atoms with Crippen molar-refractivity contribution < 1.29 is 32.9 Å². The number of ether oxygens (including phenoxy) is 5. The van der Waals surface area contributed by atoms with Gasteiger partial charge in [0.15, 0.2) is 24.0 Å². The van der Waals surface area contributed by atoms with Crippen molar-refractivity contribution in [2.75, 3.05) is 0 Å². The van der Waals surface area contributed by atoms with Crippen LogP contribution in [0.15, 0.2) is 29.4 Å². The Bertz CT molecular complexity index is 945. The first-order chi connectivity index (χ1) is 16.6. The number of benzene rings is 1. The lowest BCUT2D eigenvalue weighted by Crippen LogP contribution is -2.59. The summed E-state index contributed by atoms with van der Waals surface area (Å²) in [7, 11) is 0. The molecule has 2 saturated carbocycles. The molecule has 1 aromatic carbocycles. The van der Waals surface area contributed by atoms with E-state index in [-0.39, 0.29) is 5.56 Å². The van der Waals surface area contributed by atoms with Gasteiger partial charge in [-0.15, -0.1) is 0 Å². The van der Waals surface area contributed by atoms with Gasteiger partial charge < -0.3 is 23.7 Å². The van der Waals surface area contributed by atoms with Gasteiger partial charge in [-0.05, 0) is 31.7 Å². The van der Waals surface area contributed by atoms with Gasteiger partial charge in [0.2, 0.25) is 0 Å². The fraction of sp³-hybridized carbons (Fsp3) is 0.680. The van der Waals surface area contributed by atoms with Crippen molar-refractivity contribution in [1.29, 1.82) is 0 Å². The SMILES string of the molecule is O=C(N/N=C\c1ccccc1F)[C@H]1O[C@H]2OC3(CCCCC3)O[C@@H]2[C@H]2OC3(CCCCC3)O[C@@H]21. The van der Waals surface area contributed by atoms with Crippen molar-refractivity contribution in [3.05, 3.63) is 35.6 Å². The summed E-state index contributed by atoms with van der Waals surface area (Å²) in [4.78, 5) is 13.2. The molecule has 1 aromatic rings. The second-order valence-corrected chi connectivity index (χ2v) is 9.99. The molecule has 8 nitrogen and oxygen atoms in total. The monoisotopic (exact) mass is 474 g/mol. The zero-order chi connectivity index (χ0) is 23.2. The predicted octanol–water partition coefficient (Wildman–Crippen LogP) is 3.52. The Kier molecular flexibility index (Phi) is 5.93. The molecule has 0 unspecified atom stereocenters. The van der Waals surface area contributed by atoms with Gasteiger partial charge in [-0.25, -0.2) is 9.82 Å². The summed E-state index contributed by atoms with van der Waals surface area (Å²) < 4.78 is 45.8. The summed E-state index contributed by atoms with van der Waals surface area (Å²) in [6, 6.07) is 6.22. The largest absolute Gasteiger partial charge is 0.341 e. The van der Waals surface area contributed by atoms with E-state index in [1.54, 1.807) is 18.2 Å². The van der Waals surface area contributed by atoms with Crippen LogP contribution < -0.4 is 5.43 Å². The molecule has 1 amide bonds. The molecule has 34 heavy (non-hydrogen) atoms. The lowest BCUT2D eigenvalue weighted by molar-refractivity contribution is -0.247. The number of hydrogen-bond acceptors (Lipinski definition) is 7. The number of carbonyl (C=O) groups is 1. The number of nitrogens with zero attached hydrogens (tertiary/aromatic N) is 1. The highest BCUT2D eigenvalue weighted by Gasteiger charge is 2.65. The van der Waals surface area contributed by atoms with Crippen molar-refractivity contribution in [3.63, 3.8) is 0 Å². The number of nitrogens with one attached hydrogen (secondary N) is 1. The third-order valence-corrected chi connectivity index (χ3v) is 7.65. The average Bonchev–Trinajstić information content (AvgIpc) is 3.38. The Morgan fingerprint density at radius 2 is 1.50 bits per heavy atom. The number of hydrazone groups is 1. The van der Waals surface area contributed by atoms with E-state index >= 15 is 0 Å². The summed E-state index contributed by atoms with van der Waals surface area (Å²) in [6.07, 6.45) is 7.59. The zero-order valence-corrected chi connectivity index (χ0v) is 19.1. The number of halogens is 1. The molecule has 5 atom stereocenters. The Balaban J connectivity index is 1.22. The Morgan fingerprint density at radius 1 is 0.882 bits per heavy atom. The van der Waals surface area contributed by atoms with Crippen LogP contribution in [-0.2, 0) is 28.5 Å². The highest BCUT2D eigenvalue weighted by molar-refractivity contribution is 5.85. The van der Waals surface area contributed by atoms with Crippen LogP contribution in [0.4, 0.5) is 4.39 Å². The summed E-state index contributed by atoms with van der Waals surface area (Å²) in [5, 5.41) is 3.95. The van der Waals surface area contributed by atoms with Crippen LogP contribution in [0.25, 0.3) is 0 Å². The van der Waals surface area contributed by atoms with Crippen LogP contribution in [0, 0.1) is 5.82 Å². The fourth-order valence-electron chi connectivity index (χ4n) is 5.98. The molecular formula is C25H31FN2O6. The maximum Gasteiger partial charge on any atom is 0.272 e. The van der Waals surface area contributed by atoms with Crippen molar-refractivity contribution in [3.8, 4) is 0 Å². The van der Waals surface area contributed by atoms with Crippen LogP contribution >= 0.6 is 0 Å². The first kappa shape index (κ1) is 22.5. The number of carbonyl (C=O) groups excluding carboxylic acids is 1. The topological polar surface area (TPSA) is 87.6 Å². The molecule has 0 bridgehead atoms. The van der Waals surface area contributed by atoms with Crippen molar-refractivity contribution in [2.24, 2.45) is 5.10 Å². The molecule has 5 aliphatic rings. The fourth-order valence-corrected chi connectivity index (χ4v) is 5.98. The molecule has 2 spiro atoms. The van der Waals surface area contributed by atoms with E-state index in [1.165, 1.54) is 12.3 Å². The first-order valence-corrected chi connectivity index (χ1v) is 12.5. The van der Waals surface area contributed by atoms with Gasteiger partial charge in [0.1, 0.15) is 24.1 Å². The van der Waals surface area contributed by atoms with E-state index in [9.17, 15) is 9.18 Å². The van der Waals surface area contributed by atoms with Crippen LogP contribution in [0.2, 0.25) is 0 Å². The Labute approximate surface area is 198 Å². The smallest absolute Gasteiger partial charge is 0.272 e. The van der Waals surface area contributed by atoms with Gasteiger partial charge in [-0.3, -0.25) is 4.79 Å². The molecule has 2 aliphatic carbocycles. The molecular weight excluding hydrogens is 443 g/mol. The molecule has 3 heterocycles. The summed E-state index contributed by atoms with van der Waals surface area (Å²) in [6.45, 7) is 0. The van der Waals surface area contributed by atoms with Crippen LogP contribution in [0.1, 0.15) is 69.8 Å². The van der Waals surface area contributed by atoms with E-state index < -0.39 is 54.0 Å². The van der Waals surface area contributed by atoms with Crippen molar-refractivity contribution in [1.82, 2.24) is 5.43 Å². The lowest BCUT2D eigenvalue weighted by Gasteiger charge is -2.36. The van der Waals surface area contributed by atoms with Gasteiger partial charge in [0.05, 0.1) is 6.21 Å². The summed E-state index contributed by atoms with van der Waals surface area (Å²) >= 11 is 0. The van der Waals surface area contributed by atoms with E-state index in [0.717, 1.165) is 64.2 Å². The molecule has 1 N–H and O–H groups in total.